The van der Waals surface area contributed by atoms with Crippen LogP contribution in [-0.2, 0) is 16.0 Å². The molecule has 1 aliphatic heterocycles. The number of carboxylic acid groups (broad SMARTS) is 1. The SMILES string of the molecule is COc1ccccc1C1C(C(=O)c2sc(-c3ccccc3)nc2C)=C(O)C(=O)N1c1ccc(CC(=O)O)cc1. The van der Waals surface area contributed by atoms with E-state index in [1.54, 1.807) is 55.5 Å². The number of amides is 1. The van der Waals surface area contributed by atoms with Gasteiger partial charge < -0.3 is 14.9 Å². The van der Waals surface area contributed by atoms with E-state index in [2.05, 4.69) is 4.98 Å². The lowest BCUT2D eigenvalue weighted by molar-refractivity contribution is -0.136. The molecule has 1 aromatic heterocycles. The van der Waals surface area contributed by atoms with Crippen molar-refractivity contribution >= 4 is 34.7 Å². The standard InChI is InChI=1S/C30H24N2O6S/c1-17-28(39-29(31-17)19-8-4-3-5-9-19)26(35)24-25(21-10-6-7-11-22(21)38-2)32(30(37)27(24)36)20-14-12-18(13-15-20)16-23(33)34/h3-15,25,36H,16H2,1-2H3,(H,33,34). The van der Waals surface area contributed by atoms with Crippen molar-refractivity contribution < 1.29 is 29.3 Å². The van der Waals surface area contributed by atoms with Gasteiger partial charge >= 0.3 is 5.97 Å². The predicted octanol–water partition coefficient (Wildman–Crippen LogP) is 5.54. The van der Waals surface area contributed by atoms with Crippen molar-refractivity contribution in [2.75, 3.05) is 12.0 Å². The summed E-state index contributed by atoms with van der Waals surface area (Å²) in [6.45, 7) is 1.72. The average molecular weight is 541 g/mol. The molecule has 0 fully saturated rings. The number of methoxy groups -OCH3 is 1. The highest BCUT2D eigenvalue weighted by molar-refractivity contribution is 7.17. The van der Waals surface area contributed by atoms with Crippen molar-refractivity contribution in [3.8, 4) is 16.3 Å². The van der Waals surface area contributed by atoms with Crippen molar-refractivity contribution in [1.29, 1.82) is 0 Å². The molecular weight excluding hydrogens is 516 g/mol. The van der Waals surface area contributed by atoms with Gasteiger partial charge in [0.15, 0.2) is 5.76 Å². The van der Waals surface area contributed by atoms with Gasteiger partial charge in [0.05, 0.1) is 35.7 Å². The fraction of sp³-hybridized carbons (Fsp3) is 0.133. The Labute approximate surface area is 228 Å². The van der Waals surface area contributed by atoms with Crippen LogP contribution >= 0.6 is 11.3 Å². The molecule has 0 bridgehead atoms. The lowest BCUT2D eigenvalue weighted by Crippen LogP contribution is -2.31. The first-order chi connectivity index (χ1) is 18.8. The summed E-state index contributed by atoms with van der Waals surface area (Å²) < 4.78 is 5.57. The number of ketones is 1. The quantitative estimate of drug-likeness (QED) is 0.282. The highest BCUT2D eigenvalue weighted by Gasteiger charge is 2.46. The van der Waals surface area contributed by atoms with Crippen molar-refractivity contribution in [2.45, 2.75) is 19.4 Å². The first kappa shape index (κ1) is 25.9. The Morgan fingerprint density at radius 2 is 1.67 bits per heavy atom. The number of nitrogens with zero attached hydrogens (tertiary/aromatic N) is 2. The number of benzene rings is 3. The largest absolute Gasteiger partial charge is 0.503 e. The van der Waals surface area contributed by atoms with E-state index in [4.69, 9.17) is 9.84 Å². The van der Waals surface area contributed by atoms with Crippen LogP contribution in [0.2, 0.25) is 0 Å². The lowest BCUT2D eigenvalue weighted by atomic mass is 9.94. The van der Waals surface area contributed by atoms with E-state index < -0.39 is 29.5 Å². The fourth-order valence-corrected chi connectivity index (χ4v) is 5.70. The average Bonchev–Trinajstić information content (AvgIpc) is 3.46. The highest BCUT2D eigenvalue weighted by Crippen LogP contribution is 2.45. The van der Waals surface area contributed by atoms with Gasteiger partial charge in [-0.1, -0.05) is 60.7 Å². The second kappa shape index (κ2) is 10.5. The molecule has 0 saturated carbocycles. The number of aryl methyl sites for hydroxylation is 1. The van der Waals surface area contributed by atoms with Gasteiger partial charge in [-0.3, -0.25) is 19.3 Å². The van der Waals surface area contributed by atoms with Gasteiger partial charge in [-0.2, -0.15) is 0 Å². The van der Waals surface area contributed by atoms with Gasteiger partial charge in [-0.05, 0) is 30.7 Å². The first-order valence-corrected chi connectivity index (χ1v) is 12.9. The summed E-state index contributed by atoms with van der Waals surface area (Å²) in [6.07, 6.45) is -0.175. The molecule has 8 nitrogen and oxygen atoms in total. The molecule has 2 N–H and O–H groups in total. The second-order valence-electron chi connectivity index (χ2n) is 8.95. The van der Waals surface area contributed by atoms with Crippen molar-refractivity contribution in [2.24, 2.45) is 0 Å². The maximum atomic E-state index is 14.1. The number of carboxylic acids is 1. The monoisotopic (exact) mass is 540 g/mol. The van der Waals surface area contributed by atoms with E-state index in [1.165, 1.54) is 23.3 Å². The molecule has 0 saturated heterocycles. The van der Waals surface area contributed by atoms with Crippen LogP contribution in [0.5, 0.6) is 5.75 Å². The summed E-state index contributed by atoms with van der Waals surface area (Å²) in [5, 5.41) is 20.9. The number of thiazole rings is 1. The van der Waals surface area contributed by atoms with Crippen LogP contribution in [0, 0.1) is 6.92 Å². The van der Waals surface area contributed by atoms with Crippen molar-refractivity contribution in [1.82, 2.24) is 4.98 Å². The van der Waals surface area contributed by atoms with Crippen LogP contribution in [0.3, 0.4) is 0 Å². The Morgan fingerprint density at radius 1 is 1.00 bits per heavy atom. The molecule has 0 radical (unpaired) electrons. The maximum absolute atomic E-state index is 14.1. The number of Topliss-reactive ketones (excluding diaryl/α,β-unsaturated/α-hetero) is 1. The number of aromatic nitrogens is 1. The number of carbonyl (C=O) groups excluding carboxylic acids is 2. The lowest BCUT2D eigenvalue weighted by Gasteiger charge is -2.28. The first-order valence-electron chi connectivity index (χ1n) is 12.1. The van der Waals surface area contributed by atoms with Crippen LogP contribution in [0.25, 0.3) is 10.6 Å². The minimum absolute atomic E-state index is 0.0783. The number of carbonyl (C=O) groups is 3. The topological polar surface area (TPSA) is 117 Å². The molecule has 39 heavy (non-hydrogen) atoms. The number of anilines is 1. The van der Waals surface area contributed by atoms with E-state index in [0.29, 0.717) is 38.1 Å². The normalized spacial score (nSPS) is 15.1. The molecule has 196 valence electrons. The second-order valence-corrected chi connectivity index (χ2v) is 9.95. The van der Waals surface area contributed by atoms with E-state index in [9.17, 15) is 19.5 Å². The van der Waals surface area contributed by atoms with Gasteiger partial charge in [0.1, 0.15) is 10.8 Å². The number of aliphatic hydroxyl groups excluding tert-OH is 1. The summed E-state index contributed by atoms with van der Waals surface area (Å²) in [5.41, 5.74) is 2.73. The Balaban J connectivity index is 1.62. The van der Waals surface area contributed by atoms with Gasteiger partial charge in [-0.25, -0.2) is 4.98 Å². The van der Waals surface area contributed by atoms with Gasteiger partial charge in [-0.15, -0.1) is 11.3 Å². The third kappa shape index (κ3) is 4.80. The molecule has 3 aromatic carbocycles. The van der Waals surface area contributed by atoms with Crippen LogP contribution in [-0.4, -0.2) is 40.0 Å². The van der Waals surface area contributed by atoms with Crippen LogP contribution in [0.4, 0.5) is 5.69 Å². The summed E-state index contributed by atoms with van der Waals surface area (Å²) in [4.78, 5) is 45.0. The van der Waals surface area contributed by atoms with Crippen LogP contribution < -0.4 is 9.64 Å². The zero-order chi connectivity index (χ0) is 27.7. The smallest absolute Gasteiger partial charge is 0.307 e. The zero-order valence-electron chi connectivity index (χ0n) is 21.1. The Hall–Kier alpha value is -4.76. The molecule has 9 heteroatoms. The molecular formula is C30H24N2O6S. The molecule has 0 spiro atoms. The molecule has 1 atom stereocenters. The Kier molecular flexibility index (Phi) is 7.00. The van der Waals surface area contributed by atoms with E-state index in [-0.39, 0.29) is 12.0 Å². The molecule has 4 aromatic rings. The minimum Gasteiger partial charge on any atom is -0.503 e. The van der Waals surface area contributed by atoms with Gasteiger partial charge in [0.2, 0.25) is 5.78 Å². The fourth-order valence-electron chi connectivity index (χ4n) is 4.67. The molecule has 2 heterocycles. The molecule has 1 aliphatic rings. The molecule has 5 rings (SSSR count). The Morgan fingerprint density at radius 3 is 2.33 bits per heavy atom. The van der Waals surface area contributed by atoms with Crippen molar-refractivity contribution in [3.05, 3.63) is 112 Å². The third-order valence-corrected chi connectivity index (χ3v) is 7.68. The zero-order valence-corrected chi connectivity index (χ0v) is 21.9. The number of aliphatic hydroxyl groups is 1. The van der Waals surface area contributed by atoms with E-state index in [0.717, 1.165) is 5.56 Å². The number of para-hydroxylation sites is 1. The maximum Gasteiger partial charge on any atom is 0.307 e. The molecule has 1 amide bonds. The van der Waals surface area contributed by atoms with E-state index >= 15 is 0 Å². The Bertz CT molecular complexity index is 1610. The van der Waals surface area contributed by atoms with E-state index in [1.807, 2.05) is 30.3 Å². The predicted molar refractivity (Wildman–Crippen MR) is 147 cm³/mol. The van der Waals surface area contributed by atoms with Gasteiger partial charge in [0.25, 0.3) is 5.91 Å². The molecule has 1 unspecified atom stereocenters. The summed E-state index contributed by atoms with van der Waals surface area (Å²) in [7, 11) is 1.49. The van der Waals surface area contributed by atoms with Crippen LogP contribution in [0.15, 0.2) is 90.2 Å². The van der Waals surface area contributed by atoms with Crippen LogP contribution in [0.1, 0.15) is 32.5 Å². The molecule has 0 aliphatic carbocycles. The number of hydrogen-bond donors (Lipinski definition) is 2. The number of aliphatic carboxylic acids is 1. The summed E-state index contributed by atoms with van der Waals surface area (Å²) in [5.74, 6) is -2.44. The summed E-state index contributed by atoms with van der Waals surface area (Å²) >= 11 is 1.20. The third-order valence-electron chi connectivity index (χ3n) is 6.48. The van der Waals surface area contributed by atoms with Gasteiger partial charge in [0, 0.05) is 16.8 Å². The summed E-state index contributed by atoms with van der Waals surface area (Å²) in [6, 6.07) is 21.9. The highest BCUT2D eigenvalue weighted by atomic mass is 32.1. The number of ether oxygens (including phenoxy) is 1. The van der Waals surface area contributed by atoms with Crippen molar-refractivity contribution in [3.63, 3.8) is 0 Å². The number of hydrogen-bond acceptors (Lipinski definition) is 7. The minimum atomic E-state index is -0.992. The number of rotatable bonds is 8.